The van der Waals surface area contributed by atoms with Crippen LogP contribution in [-0.4, -0.2) is 55.6 Å². The molecular formula is C14H32N4. The highest BCUT2D eigenvalue weighted by Gasteiger charge is 2.28. The number of nitrogens with zero attached hydrogens (tertiary/aromatic N) is 2. The lowest BCUT2D eigenvalue weighted by molar-refractivity contribution is 0.160. The molecule has 2 atom stereocenters. The van der Waals surface area contributed by atoms with Gasteiger partial charge in [-0.25, -0.2) is 0 Å². The van der Waals surface area contributed by atoms with Gasteiger partial charge >= 0.3 is 0 Å². The number of hydrogen-bond donors (Lipinski definition) is 2. The molecule has 18 heavy (non-hydrogen) atoms. The Balaban J connectivity index is 2.65. The van der Waals surface area contributed by atoms with Gasteiger partial charge in [0.25, 0.3) is 0 Å². The SMILES string of the molecule is CCC(CC)CC(NN)C1CN(C)CCCN1C. The van der Waals surface area contributed by atoms with E-state index in [1.54, 1.807) is 0 Å². The summed E-state index contributed by atoms with van der Waals surface area (Å²) in [5, 5.41) is 0. The van der Waals surface area contributed by atoms with Gasteiger partial charge in [0.15, 0.2) is 0 Å². The van der Waals surface area contributed by atoms with Gasteiger partial charge in [0.05, 0.1) is 0 Å². The molecule has 0 aromatic heterocycles. The summed E-state index contributed by atoms with van der Waals surface area (Å²) in [6.45, 7) is 8.06. The van der Waals surface area contributed by atoms with Crippen LogP contribution in [0.3, 0.4) is 0 Å². The molecule has 0 aliphatic carbocycles. The minimum atomic E-state index is 0.403. The third-order valence-electron chi connectivity index (χ3n) is 4.54. The highest BCUT2D eigenvalue weighted by molar-refractivity contribution is 4.87. The molecule has 1 fully saturated rings. The van der Waals surface area contributed by atoms with Crippen molar-refractivity contribution in [3.05, 3.63) is 0 Å². The van der Waals surface area contributed by atoms with Gasteiger partial charge in [-0.3, -0.25) is 11.3 Å². The maximum atomic E-state index is 5.82. The number of nitrogens with two attached hydrogens (primary N) is 1. The van der Waals surface area contributed by atoms with Crippen molar-refractivity contribution in [2.24, 2.45) is 11.8 Å². The first-order valence-electron chi connectivity index (χ1n) is 7.47. The molecule has 1 rings (SSSR count). The fraction of sp³-hybridized carbons (Fsp3) is 1.00. The Morgan fingerprint density at radius 1 is 1.22 bits per heavy atom. The molecule has 4 heteroatoms. The smallest absolute Gasteiger partial charge is 0.0386 e. The van der Waals surface area contributed by atoms with E-state index >= 15 is 0 Å². The predicted molar refractivity (Wildman–Crippen MR) is 78.3 cm³/mol. The lowest BCUT2D eigenvalue weighted by Crippen LogP contribution is -2.54. The van der Waals surface area contributed by atoms with Gasteiger partial charge in [0.1, 0.15) is 0 Å². The summed E-state index contributed by atoms with van der Waals surface area (Å²) >= 11 is 0. The van der Waals surface area contributed by atoms with Crippen molar-refractivity contribution in [1.82, 2.24) is 15.2 Å². The molecule has 0 aromatic rings. The topological polar surface area (TPSA) is 44.5 Å². The van der Waals surface area contributed by atoms with E-state index in [-0.39, 0.29) is 0 Å². The number of rotatable bonds is 6. The monoisotopic (exact) mass is 256 g/mol. The van der Waals surface area contributed by atoms with Crippen LogP contribution in [-0.2, 0) is 0 Å². The van der Waals surface area contributed by atoms with Crippen LogP contribution in [0, 0.1) is 5.92 Å². The van der Waals surface area contributed by atoms with Crippen LogP contribution in [0.4, 0.5) is 0 Å². The second-order valence-corrected chi connectivity index (χ2v) is 5.86. The van der Waals surface area contributed by atoms with Crippen molar-refractivity contribution in [3.63, 3.8) is 0 Å². The summed E-state index contributed by atoms with van der Waals surface area (Å²) in [4.78, 5) is 4.92. The van der Waals surface area contributed by atoms with Crippen LogP contribution in [0.15, 0.2) is 0 Å². The van der Waals surface area contributed by atoms with Crippen molar-refractivity contribution in [2.45, 2.75) is 51.6 Å². The third-order valence-corrected chi connectivity index (χ3v) is 4.54. The molecule has 1 saturated heterocycles. The Kier molecular flexibility index (Phi) is 7.15. The number of likely N-dealkylation sites (N-methyl/N-ethyl adjacent to an activating group) is 2. The minimum Gasteiger partial charge on any atom is -0.305 e. The minimum absolute atomic E-state index is 0.403. The maximum Gasteiger partial charge on any atom is 0.0386 e. The Hall–Kier alpha value is -0.160. The van der Waals surface area contributed by atoms with Crippen LogP contribution >= 0.6 is 0 Å². The summed E-state index contributed by atoms with van der Waals surface area (Å²) in [5.74, 6) is 6.61. The van der Waals surface area contributed by atoms with E-state index in [1.165, 1.54) is 38.8 Å². The zero-order chi connectivity index (χ0) is 13.5. The summed E-state index contributed by atoms with van der Waals surface area (Å²) in [6.07, 6.45) is 4.94. The van der Waals surface area contributed by atoms with Crippen LogP contribution in [0.25, 0.3) is 0 Å². The van der Waals surface area contributed by atoms with Crippen LogP contribution in [0.2, 0.25) is 0 Å². The first-order valence-corrected chi connectivity index (χ1v) is 7.47. The van der Waals surface area contributed by atoms with Gasteiger partial charge in [-0.1, -0.05) is 26.7 Å². The summed E-state index contributed by atoms with van der Waals surface area (Å²) in [7, 11) is 4.46. The quantitative estimate of drug-likeness (QED) is 0.555. The molecule has 108 valence electrons. The van der Waals surface area contributed by atoms with Crippen LogP contribution < -0.4 is 11.3 Å². The van der Waals surface area contributed by atoms with Gasteiger partial charge in [-0.05, 0) is 45.9 Å². The second-order valence-electron chi connectivity index (χ2n) is 5.86. The molecule has 4 nitrogen and oxygen atoms in total. The molecule has 1 aliphatic rings. The fourth-order valence-corrected chi connectivity index (χ4v) is 3.06. The van der Waals surface area contributed by atoms with Crippen molar-refractivity contribution in [2.75, 3.05) is 33.7 Å². The first-order chi connectivity index (χ1) is 8.62. The van der Waals surface area contributed by atoms with E-state index in [4.69, 9.17) is 5.84 Å². The van der Waals surface area contributed by atoms with Crippen molar-refractivity contribution in [1.29, 1.82) is 0 Å². The van der Waals surface area contributed by atoms with E-state index in [9.17, 15) is 0 Å². The Bertz CT molecular complexity index is 218. The lowest BCUT2D eigenvalue weighted by Gasteiger charge is -2.35. The molecule has 0 radical (unpaired) electrons. The van der Waals surface area contributed by atoms with E-state index in [0.29, 0.717) is 12.1 Å². The zero-order valence-electron chi connectivity index (χ0n) is 12.7. The fourth-order valence-electron chi connectivity index (χ4n) is 3.06. The molecule has 0 saturated carbocycles. The number of hydrazine groups is 1. The van der Waals surface area contributed by atoms with Gasteiger partial charge < -0.3 is 9.80 Å². The Morgan fingerprint density at radius 3 is 2.44 bits per heavy atom. The summed E-state index contributed by atoms with van der Waals surface area (Å²) < 4.78 is 0. The Labute approximate surface area is 113 Å². The van der Waals surface area contributed by atoms with Gasteiger partial charge in [0.2, 0.25) is 0 Å². The molecular weight excluding hydrogens is 224 g/mol. The standard InChI is InChI=1S/C14H32N4/c1-5-12(6-2)10-13(16-15)14-11-17(3)8-7-9-18(14)4/h12-14,16H,5-11,15H2,1-4H3. The van der Waals surface area contributed by atoms with Gasteiger partial charge in [-0.2, -0.15) is 0 Å². The third kappa shape index (κ3) is 4.50. The predicted octanol–water partition coefficient (Wildman–Crippen LogP) is 1.28. The highest BCUT2D eigenvalue weighted by atomic mass is 15.3. The van der Waals surface area contributed by atoms with Gasteiger partial charge in [-0.15, -0.1) is 0 Å². The average molecular weight is 256 g/mol. The van der Waals surface area contributed by atoms with E-state index in [0.717, 1.165) is 12.5 Å². The van der Waals surface area contributed by atoms with Crippen molar-refractivity contribution < 1.29 is 0 Å². The highest BCUT2D eigenvalue weighted by Crippen LogP contribution is 2.20. The van der Waals surface area contributed by atoms with Crippen molar-refractivity contribution in [3.8, 4) is 0 Å². The average Bonchev–Trinajstić information content (AvgIpc) is 2.53. The lowest BCUT2D eigenvalue weighted by atomic mass is 9.91. The molecule has 2 unspecified atom stereocenters. The molecule has 3 N–H and O–H groups in total. The largest absolute Gasteiger partial charge is 0.305 e. The molecule has 1 aliphatic heterocycles. The van der Waals surface area contributed by atoms with E-state index in [2.05, 4.69) is 43.2 Å². The molecule has 1 heterocycles. The molecule has 0 aromatic carbocycles. The summed E-state index contributed by atoms with van der Waals surface area (Å²) in [6, 6.07) is 0.934. The normalized spacial score (nSPS) is 25.3. The summed E-state index contributed by atoms with van der Waals surface area (Å²) in [5.41, 5.74) is 3.08. The zero-order valence-corrected chi connectivity index (χ0v) is 12.7. The second kappa shape index (κ2) is 8.10. The first kappa shape index (κ1) is 15.9. The van der Waals surface area contributed by atoms with E-state index in [1.807, 2.05) is 0 Å². The maximum absolute atomic E-state index is 5.82. The molecule has 0 spiro atoms. The number of hydrogen-bond acceptors (Lipinski definition) is 4. The molecule has 0 bridgehead atoms. The van der Waals surface area contributed by atoms with E-state index < -0.39 is 0 Å². The van der Waals surface area contributed by atoms with Crippen LogP contribution in [0.5, 0.6) is 0 Å². The van der Waals surface area contributed by atoms with Gasteiger partial charge in [0, 0.05) is 18.6 Å². The Morgan fingerprint density at radius 2 is 1.89 bits per heavy atom. The van der Waals surface area contributed by atoms with Crippen LogP contribution in [0.1, 0.15) is 39.5 Å². The number of nitrogens with one attached hydrogen (secondary N) is 1. The molecule has 0 amide bonds. The van der Waals surface area contributed by atoms with Crippen molar-refractivity contribution >= 4 is 0 Å².